The van der Waals surface area contributed by atoms with Gasteiger partial charge in [-0.2, -0.15) is 0 Å². The second-order valence-electron chi connectivity index (χ2n) is 3.62. The van der Waals surface area contributed by atoms with E-state index in [-0.39, 0.29) is 29.5 Å². The maximum Gasteiger partial charge on any atom is 0.310 e. The van der Waals surface area contributed by atoms with Crippen LogP contribution in [0, 0.1) is 17.8 Å². The van der Waals surface area contributed by atoms with Gasteiger partial charge >= 0.3 is 5.97 Å². The number of hydrogen-bond donors (Lipinski definition) is 0. The maximum atomic E-state index is 11.3. The Morgan fingerprint density at radius 3 is 2.69 bits per heavy atom. The van der Waals surface area contributed by atoms with Crippen molar-refractivity contribution < 1.29 is 14.3 Å². The molecule has 2 aliphatic rings. The predicted molar refractivity (Wildman–Crippen MR) is 45.9 cm³/mol. The summed E-state index contributed by atoms with van der Waals surface area (Å²) in [5.41, 5.74) is 1.04. The van der Waals surface area contributed by atoms with Gasteiger partial charge in [-0.15, -0.1) is 0 Å². The molecule has 0 spiro atoms. The van der Waals surface area contributed by atoms with Crippen LogP contribution in [0.25, 0.3) is 0 Å². The molecular formula is C10H12O3. The molecule has 13 heavy (non-hydrogen) atoms. The Morgan fingerprint density at radius 2 is 2.23 bits per heavy atom. The van der Waals surface area contributed by atoms with Crippen LogP contribution < -0.4 is 0 Å². The molecule has 3 nitrogen and oxygen atoms in total. The number of ketones is 1. The lowest BCUT2D eigenvalue weighted by molar-refractivity contribution is -0.146. The standard InChI is InChI=1S/C10H12O3/c1-3-13-10(12)9-7-5(2)4-6(11)8(7)9/h4,7-9H,3H2,1-2H3/t7-,8+,9+/m1/s1. The summed E-state index contributed by atoms with van der Waals surface area (Å²) in [6, 6.07) is 0. The highest BCUT2D eigenvalue weighted by Crippen LogP contribution is 2.56. The van der Waals surface area contributed by atoms with Crippen molar-refractivity contribution in [2.24, 2.45) is 17.8 Å². The van der Waals surface area contributed by atoms with Crippen LogP contribution in [0.15, 0.2) is 11.6 Å². The summed E-state index contributed by atoms with van der Waals surface area (Å²) in [7, 11) is 0. The summed E-state index contributed by atoms with van der Waals surface area (Å²) in [5, 5.41) is 0. The zero-order valence-electron chi connectivity index (χ0n) is 7.74. The first-order valence-electron chi connectivity index (χ1n) is 4.55. The van der Waals surface area contributed by atoms with Gasteiger partial charge in [0.05, 0.1) is 12.5 Å². The molecule has 0 aromatic rings. The molecule has 0 unspecified atom stereocenters. The summed E-state index contributed by atoms with van der Waals surface area (Å²) >= 11 is 0. The minimum Gasteiger partial charge on any atom is -0.466 e. The molecule has 0 aliphatic heterocycles. The van der Waals surface area contributed by atoms with E-state index < -0.39 is 0 Å². The van der Waals surface area contributed by atoms with Crippen LogP contribution in [0.5, 0.6) is 0 Å². The Bertz CT molecular complexity index is 303. The number of hydrogen-bond acceptors (Lipinski definition) is 3. The first-order valence-corrected chi connectivity index (χ1v) is 4.55. The fourth-order valence-corrected chi connectivity index (χ4v) is 2.18. The molecular weight excluding hydrogens is 168 g/mol. The molecule has 3 atom stereocenters. The number of fused-ring (bicyclic) bond motifs is 1. The number of carbonyl (C=O) groups excluding carboxylic acids is 2. The van der Waals surface area contributed by atoms with E-state index in [0.29, 0.717) is 6.61 Å². The van der Waals surface area contributed by atoms with Gasteiger partial charge in [0.1, 0.15) is 0 Å². The predicted octanol–water partition coefficient (Wildman–Crippen LogP) is 0.941. The average Bonchev–Trinajstić information content (AvgIpc) is 2.72. The lowest BCUT2D eigenvalue weighted by Crippen LogP contribution is -2.12. The van der Waals surface area contributed by atoms with Crippen molar-refractivity contribution in [1.82, 2.24) is 0 Å². The highest BCUT2D eigenvalue weighted by molar-refractivity contribution is 6.03. The van der Waals surface area contributed by atoms with Gasteiger partial charge in [-0.1, -0.05) is 5.57 Å². The molecule has 0 bridgehead atoms. The molecule has 0 aromatic carbocycles. The molecule has 1 fully saturated rings. The molecule has 0 saturated heterocycles. The third kappa shape index (κ3) is 1.10. The lowest BCUT2D eigenvalue weighted by atomic mass is 10.1. The average molecular weight is 180 g/mol. The number of ether oxygens (including phenoxy) is 1. The number of rotatable bonds is 2. The minimum absolute atomic E-state index is 0.0842. The van der Waals surface area contributed by atoms with Gasteiger partial charge in [-0.3, -0.25) is 9.59 Å². The van der Waals surface area contributed by atoms with E-state index in [2.05, 4.69) is 0 Å². The highest BCUT2D eigenvalue weighted by Gasteiger charge is 2.62. The van der Waals surface area contributed by atoms with Gasteiger partial charge in [0, 0.05) is 11.8 Å². The van der Waals surface area contributed by atoms with Gasteiger partial charge < -0.3 is 4.74 Å². The van der Waals surface area contributed by atoms with Crippen LogP contribution in [-0.2, 0) is 14.3 Å². The third-order valence-electron chi connectivity index (χ3n) is 2.80. The smallest absolute Gasteiger partial charge is 0.310 e. The van der Waals surface area contributed by atoms with Crippen molar-refractivity contribution in [3.05, 3.63) is 11.6 Å². The van der Waals surface area contributed by atoms with E-state index in [1.54, 1.807) is 13.0 Å². The molecule has 70 valence electrons. The fourth-order valence-electron chi connectivity index (χ4n) is 2.18. The fraction of sp³-hybridized carbons (Fsp3) is 0.600. The Morgan fingerprint density at radius 1 is 1.54 bits per heavy atom. The summed E-state index contributed by atoms with van der Waals surface area (Å²) < 4.78 is 4.88. The van der Waals surface area contributed by atoms with Gasteiger partial charge in [-0.25, -0.2) is 0 Å². The molecule has 0 radical (unpaired) electrons. The largest absolute Gasteiger partial charge is 0.466 e. The van der Waals surface area contributed by atoms with Crippen molar-refractivity contribution in [2.45, 2.75) is 13.8 Å². The van der Waals surface area contributed by atoms with Crippen molar-refractivity contribution in [3.8, 4) is 0 Å². The molecule has 2 aliphatic carbocycles. The molecule has 2 rings (SSSR count). The van der Waals surface area contributed by atoms with E-state index in [1.807, 2.05) is 6.92 Å². The topological polar surface area (TPSA) is 43.4 Å². The molecule has 0 N–H and O–H groups in total. The monoisotopic (exact) mass is 180 g/mol. The Hall–Kier alpha value is -1.12. The molecule has 0 heterocycles. The molecule has 1 saturated carbocycles. The van der Waals surface area contributed by atoms with Crippen LogP contribution >= 0.6 is 0 Å². The number of allylic oxidation sites excluding steroid dienone is 2. The van der Waals surface area contributed by atoms with Crippen molar-refractivity contribution in [3.63, 3.8) is 0 Å². The summed E-state index contributed by atoms with van der Waals surface area (Å²) in [5.74, 6) is -0.207. The second kappa shape index (κ2) is 2.69. The highest BCUT2D eigenvalue weighted by atomic mass is 16.5. The number of carbonyl (C=O) groups is 2. The van der Waals surface area contributed by atoms with Crippen LogP contribution in [0.4, 0.5) is 0 Å². The maximum absolute atomic E-state index is 11.3. The second-order valence-corrected chi connectivity index (χ2v) is 3.62. The van der Waals surface area contributed by atoms with Crippen molar-refractivity contribution in [1.29, 1.82) is 0 Å². The van der Waals surface area contributed by atoms with Crippen LogP contribution in [0.3, 0.4) is 0 Å². The third-order valence-corrected chi connectivity index (χ3v) is 2.80. The zero-order valence-corrected chi connectivity index (χ0v) is 7.74. The first kappa shape index (κ1) is 8.48. The van der Waals surface area contributed by atoms with Gasteiger partial charge in [0.15, 0.2) is 5.78 Å². The lowest BCUT2D eigenvalue weighted by Gasteiger charge is -2.01. The molecule has 0 amide bonds. The van der Waals surface area contributed by atoms with Crippen molar-refractivity contribution in [2.75, 3.05) is 6.61 Å². The van der Waals surface area contributed by atoms with Crippen LogP contribution in [0.2, 0.25) is 0 Å². The van der Waals surface area contributed by atoms with Gasteiger partial charge in [0.2, 0.25) is 0 Å². The quantitative estimate of drug-likeness (QED) is 0.594. The normalized spacial score (nSPS) is 35.4. The van der Waals surface area contributed by atoms with E-state index in [1.165, 1.54) is 0 Å². The van der Waals surface area contributed by atoms with Crippen LogP contribution in [0.1, 0.15) is 13.8 Å². The van der Waals surface area contributed by atoms with E-state index in [4.69, 9.17) is 4.74 Å². The zero-order chi connectivity index (χ0) is 9.59. The van der Waals surface area contributed by atoms with E-state index in [0.717, 1.165) is 5.57 Å². The molecule has 0 aromatic heterocycles. The Labute approximate surface area is 76.8 Å². The Balaban J connectivity index is 2.06. The van der Waals surface area contributed by atoms with E-state index in [9.17, 15) is 9.59 Å². The Kier molecular flexibility index (Phi) is 1.75. The summed E-state index contributed by atoms with van der Waals surface area (Å²) in [4.78, 5) is 22.6. The summed E-state index contributed by atoms with van der Waals surface area (Å²) in [6.45, 7) is 4.08. The van der Waals surface area contributed by atoms with E-state index >= 15 is 0 Å². The van der Waals surface area contributed by atoms with Crippen molar-refractivity contribution >= 4 is 11.8 Å². The van der Waals surface area contributed by atoms with Gasteiger partial charge in [-0.05, 0) is 19.9 Å². The first-order chi connectivity index (χ1) is 6.16. The molecule has 3 heteroatoms. The minimum atomic E-state index is -0.210. The summed E-state index contributed by atoms with van der Waals surface area (Å²) in [6.07, 6.45) is 1.64. The SMILES string of the molecule is CCOC(=O)[C@@H]1[C@H]2C(=O)C=C(C)[C@H]21. The van der Waals surface area contributed by atoms with Crippen LogP contribution in [-0.4, -0.2) is 18.4 Å². The number of esters is 1. The van der Waals surface area contributed by atoms with Gasteiger partial charge in [0.25, 0.3) is 0 Å².